The highest BCUT2D eigenvalue weighted by Gasteiger charge is 2.56. The Labute approximate surface area is 132 Å². The van der Waals surface area contributed by atoms with Gasteiger partial charge in [-0.05, 0) is 19.1 Å². The van der Waals surface area contributed by atoms with Gasteiger partial charge in [-0.25, -0.2) is 4.98 Å². The van der Waals surface area contributed by atoms with E-state index in [9.17, 15) is 9.90 Å². The van der Waals surface area contributed by atoms with E-state index in [0.717, 1.165) is 17.2 Å². The van der Waals surface area contributed by atoms with E-state index in [1.54, 1.807) is 18.9 Å². The zero-order valence-corrected chi connectivity index (χ0v) is 13.9. The van der Waals surface area contributed by atoms with Crippen LogP contribution in [0.1, 0.15) is 29.8 Å². The molecule has 5 nitrogen and oxygen atoms in total. The lowest BCUT2D eigenvalue weighted by Gasteiger charge is -2.56. The maximum absolute atomic E-state index is 12.4. The van der Waals surface area contributed by atoms with Crippen molar-refractivity contribution in [2.45, 2.75) is 35.8 Å². The number of piperidine rings is 1. The SMILES string of the molecule is CO[C@@H]1C[C@H](O)C12CCN(C(=O)c1csc(SC)n1)CC2. The Morgan fingerprint density at radius 2 is 2.29 bits per heavy atom. The fraction of sp³-hybridized carbons (Fsp3) is 0.714. The molecule has 1 aromatic heterocycles. The molecular formula is C14H20N2O3S2. The number of nitrogens with zero attached hydrogens (tertiary/aromatic N) is 2. The third-order valence-corrected chi connectivity index (χ3v) is 6.75. The summed E-state index contributed by atoms with van der Waals surface area (Å²) in [4.78, 5) is 18.6. The zero-order chi connectivity index (χ0) is 15.0. The molecule has 2 fully saturated rings. The monoisotopic (exact) mass is 328 g/mol. The lowest BCUT2D eigenvalue weighted by Crippen LogP contribution is -2.62. The van der Waals surface area contributed by atoms with Crippen LogP contribution in [0, 0.1) is 5.41 Å². The zero-order valence-electron chi connectivity index (χ0n) is 12.2. The molecule has 21 heavy (non-hydrogen) atoms. The number of methoxy groups -OCH3 is 1. The third-order valence-electron chi connectivity index (χ3n) is 4.89. The first-order valence-corrected chi connectivity index (χ1v) is 9.21. The van der Waals surface area contributed by atoms with Crippen LogP contribution < -0.4 is 0 Å². The molecule has 1 N–H and O–H groups in total. The molecule has 1 saturated carbocycles. The van der Waals surface area contributed by atoms with E-state index in [-0.39, 0.29) is 23.5 Å². The van der Waals surface area contributed by atoms with E-state index in [1.807, 2.05) is 16.5 Å². The molecule has 1 amide bonds. The number of carbonyl (C=O) groups is 1. The first kappa shape index (κ1) is 15.3. The van der Waals surface area contributed by atoms with E-state index >= 15 is 0 Å². The van der Waals surface area contributed by atoms with Crippen LogP contribution in [0.25, 0.3) is 0 Å². The highest BCUT2D eigenvalue weighted by Crippen LogP contribution is 2.50. The summed E-state index contributed by atoms with van der Waals surface area (Å²) in [5, 5.41) is 11.9. The Balaban J connectivity index is 1.64. The van der Waals surface area contributed by atoms with Gasteiger partial charge in [-0.15, -0.1) is 11.3 Å². The molecule has 1 saturated heterocycles. The average molecular weight is 328 g/mol. The molecule has 1 aromatic rings. The van der Waals surface area contributed by atoms with E-state index in [4.69, 9.17) is 4.74 Å². The second-order valence-electron chi connectivity index (χ2n) is 5.70. The van der Waals surface area contributed by atoms with Gasteiger partial charge in [-0.2, -0.15) is 0 Å². The fourth-order valence-electron chi connectivity index (χ4n) is 3.45. The van der Waals surface area contributed by atoms with Crippen molar-refractivity contribution in [1.82, 2.24) is 9.88 Å². The van der Waals surface area contributed by atoms with Crippen molar-refractivity contribution in [2.75, 3.05) is 26.5 Å². The van der Waals surface area contributed by atoms with Gasteiger partial charge in [0.15, 0.2) is 0 Å². The molecule has 0 bridgehead atoms. The van der Waals surface area contributed by atoms with Crippen molar-refractivity contribution in [1.29, 1.82) is 0 Å². The summed E-state index contributed by atoms with van der Waals surface area (Å²) in [5.41, 5.74) is 0.399. The molecule has 1 spiro atoms. The van der Waals surface area contributed by atoms with Gasteiger partial charge in [0.05, 0.1) is 12.2 Å². The van der Waals surface area contributed by atoms with Crippen LogP contribution in [0.3, 0.4) is 0 Å². The molecule has 0 unspecified atom stereocenters. The van der Waals surface area contributed by atoms with Gasteiger partial charge >= 0.3 is 0 Å². The average Bonchev–Trinajstić information content (AvgIpc) is 3.00. The van der Waals surface area contributed by atoms with Crippen LogP contribution in [0.5, 0.6) is 0 Å². The number of aromatic nitrogens is 1. The standard InChI is InChI=1S/C14H20N2O3S2/c1-19-11-7-10(17)14(11)3-5-16(6-4-14)12(18)9-8-21-13(15-9)20-2/h8,10-11,17H,3-7H2,1-2H3/t10-,11+/m0/s1. The summed E-state index contributed by atoms with van der Waals surface area (Å²) in [5.74, 6) is 0.00387. The van der Waals surface area contributed by atoms with Crippen LogP contribution in [-0.4, -0.2) is 59.6 Å². The normalized spacial score (nSPS) is 27.7. The molecule has 1 aliphatic carbocycles. The molecule has 0 aromatic carbocycles. The number of thioether (sulfide) groups is 1. The molecule has 2 heterocycles. The largest absolute Gasteiger partial charge is 0.392 e. The Morgan fingerprint density at radius 3 is 2.81 bits per heavy atom. The van der Waals surface area contributed by atoms with E-state index < -0.39 is 0 Å². The van der Waals surface area contributed by atoms with E-state index in [2.05, 4.69) is 4.98 Å². The van der Waals surface area contributed by atoms with Gasteiger partial charge in [0.1, 0.15) is 10.0 Å². The number of aliphatic hydroxyl groups is 1. The van der Waals surface area contributed by atoms with Crippen molar-refractivity contribution < 1.29 is 14.6 Å². The van der Waals surface area contributed by atoms with Crippen LogP contribution in [0.2, 0.25) is 0 Å². The summed E-state index contributed by atoms with van der Waals surface area (Å²) in [7, 11) is 1.70. The number of carbonyl (C=O) groups excluding carboxylic acids is 1. The second kappa shape index (κ2) is 5.87. The smallest absolute Gasteiger partial charge is 0.273 e. The number of amides is 1. The van der Waals surface area contributed by atoms with Gasteiger partial charge in [-0.3, -0.25) is 4.79 Å². The van der Waals surface area contributed by atoms with Gasteiger partial charge in [-0.1, -0.05) is 11.8 Å². The number of rotatable bonds is 3. The van der Waals surface area contributed by atoms with Gasteiger partial charge in [0.25, 0.3) is 5.91 Å². The first-order chi connectivity index (χ1) is 10.1. The Kier molecular flexibility index (Phi) is 4.27. The summed E-state index contributed by atoms with van der Waals surface area (Å²) in [6.07, 6.45) is 4.12. The van der Waals surface area contributed by atoms with E-state index in [0.29, 0.717) is 25.2 Å². The minimum atomic E-state index is -0.290. The predicted molar refractivity (Wildman–Crippen MR) is 82.9 cm³/mol. The third kappa shape index (κ3) is 2.50. The minimum Gasteiger partial charge on any atom is -0.392 e. The van der Waals surface area contributed by atoms with Crippen LogP contribution in [0.15, 0.2) is 9.72 Å². The quantitative estimate of drug-likeness (QED) is 0.858. The minimum absolute atomic E-state index is 0.00387. The first-order valence-electron chi connectivity index (χ1n) is 7.10. The van der Waals surface area contributed by atoms with Crippen molar-refractivity contribution in [2.24, 2.45) is 5.41 Å². The maximum Gasteiger partial charge on any atom is 0.273 e. The molecule has 0 radical (unpaired) electrons. The molecule has 2 atom stereocenters. The second-order valence-corrected chi connectivity index (χ2v) is 7.62. The van der Waals surface area contributed by atoms with Crippen molar-refractivity contribution in [3.63, 3.8) is 0 Å². The Hall–Kier alpha value is -0.630. The number of hydrogen-bond acceptors (Lipinski definition) is 6. The van der Waals surface area contributed by atoms with Gasteiger partial charge in [0, 0.05) is 37.4 Å². The van der Waals surface area contributed by atoms with Crippen molar-refractivity contribution in [3.05, 3.63) is 11.1 Å². The number of aliphatic hydroxyl groups excluding tert-OH is 1. The molecule has 2 aliphatic rings. The highest BCUT2D eigenvalue weighted by atomic mass is 32.2. The summed E-state index contributed by atoms with van der Waals surface area (Å²) in [6.45, 7) is 1.34. The Bertz CT molecular complexity index is 526. The molecule has 7 heteroatoms. The number of likely N-dealkylation sites (tertiary alicyclic amines) is 1. The van der Waals surface area contributed by atoms with Gasteiger partial charge < -0.3 is 14.7 Å². The van der Waals surface area contributed by atoms with Crippen molar-refractivity contribution >= 4 is 29.0 Å². The predicted octanol–water partition coefficient (Wildman–Crippen LogP) is 1.87. The van der Waals surface area contributed by atoms with Gasteiger partial charge in [0.2, 0.25) is 0 Å². The van der Waals surface area contributed by atoms with Crippen LogP contribution in [0.4, 0.5) is 0 Å². The number of ether oxygens (including phenoxy) is 1. The Morgan fingerprint density at radius 1 is 1.57 bits per heavy atom. The molecular weight excluding hydrogens is 308 g/mol. The number of thiazole rings is 1. The van der Waals surface area contributed by atoms with Crippen LogP contribution in [-0.2, 0) is 4.74 Å². The lowest BCUT2D eigenvalue weighted by molar-refractivity contribution is -0.199. The lowest BCUT2D eigenvalue weighted by atomic mass is 9.58. The molecule has 1 aliphatic heterocycles. The molecule has 116 valence electrons. The van der Waals surface area contributed by atoms with E-state index in [1.165, 1.54) is 11.3 Å². The summed E-state index contributed by atoms with van der Waals surface area (Å²) < 4.78 is 6.39. The van der Waals surface area contributed by atoms with Crippen LogP contribution >= 0.6 is 23.1 Å². The summed E-state index contributed by atoms with van der Waals surface area (Å²) in [6, 6.07) is 0. The molecule has 3 rings (SSSR count). The maximum atomic E-state index is 12.4. The highest BCUT2D eigenvalue weighted by molar-refractivity contribution is 8.00. The fourth-order valence-corrected chi connectivity index (χ4v) is 4.69. The summed E-state index contributed by atoms with van der Waals surface area (Å²) >= 11 is 3.06. The topological polar surface area (TPSA) is 62.7 Å². The number of hydrogen-bond donors (Lipinski definition) is 1. The van der Waals surface area contributed by atoms with Crippen molar-refractivity contribution in [3.8, 4) is 0 Å².